The summed E-state index contributed by atoms with van der Waals surface area (Å²) in [5, 5.41) is 0. The summed E-state index contributed by atoms with van der Waals surface area (Å²) in [4.78, 5) is 27.4. The third-order valence-electron chi connectivity index (χ3n) is 4.10. The van der Waals surface area contributed by atoms with Crippen molar-refractivity contribution in [3.8, 4) is 0 Å². The zero-order valence-electron chi connectivity index (χ0n) is 13.7. The normalized spacial score (nSPS) is 13.3. The first kappa shape index (κ1) is 16.6. The van der Waals surface area contributed by atoms with Gasteiger partial charge in [-0.15, -0.1) is 11.8 Å². The molecule has 124 valence electrons. The first-order valence-electron chi connectivity index (χ1n) is 7.83. The van der Waals surface area contributed by atoms with Crippen LogP contribution in [0.25, 0.3) is 0 Å². The second-order valence-corrected chi connectivity index (χ2v) is 6.87. The van der Waals surface area contributed by atoms with Crippen molar-refractivity contribution < 1.29 is 14.3 Å². The van der Waals surface area contributed by atoms with E-state index in [1.54, 1.807) is 28.8 Å². The van der Waals surface area contributed by atoms with Crippen LogP contribution in [0.2, 0.25) is 0 Å². The van der Waals surface area contributed by atoms with Gasteiger partial charge in [0.05, 0.1) is 11.3 Å². The minimum Gasteiger partial charge on any atom is -0.452 e. The lowest BCUT2D eigenvalue weighted by Crippen LogP contribution is -2.38. The summed E-state index contributed by atoms with van der Waals surface area (Å²) in [5.41, 5.74) is 3.50. The Labute approximate surface area is 145 Å². The van der Waals surface area contributed by atoms with Crippen LogP contribution in [0.5, 0.6) is 0 Å². The highest BCUT2D eigenvalue weighted by Crippen LogP contribution is 2.34. The SMILES string of the molecule is Cc1ccc(C(=O)OCC(=O)N2CCSc3ccccc32)cc1C. The number of fused-ring (bicyclic) bond motifs is 1. The number of esters is 1. The van der Waals surface area contributed by atoms with Gasteiger partial charge in [0, 0.05) is 17.2 Å². The molecule has 0 atom stereocenters. The summed E-state index contributed by atoms with van der Waals surface area (Å²) in [6.45, 7) is 4.31. The van der Waals surface area contributed by atoms with Crippen molar-refractivity contribution in [2.45, 2.75) is 18.7 Å². The van der Waals surface area contributed by atoms with Crippen LogP contribution in [-0.4, -0.2) is 30.8 Å². The number of hydrogen-bond acceptors (Lipinski definition) is 4. The zero-order valence-corrected chi connectivity index (χ0v) is 14.6. The molecule has 4 nitrogen and oxygen atoms in total. The first-order chi connectivity index (χ1) is 11.6. The quantitative estimate of drug-likeness (QED) is 0.800. The van der Waals surface area contributed by atoms with Gasteiger partial charge in [0.1, 0.15) is 0 Å². The molecule has 24 heavy (non-hydrogen) atoms. The third kappa shape index (κ3) is 3.46. The average molecular weight is 341 g/mol. The molecule has 0 unspecified atom stereocenters. The molecule has 0 fully saturated rings. The highest BCUT2D eigenvalue weighted by Gasteiger charge is 2.23. The maximum Gasteiger partial charge on any atom is 0.338 e. The molecule has 0 spiro atoms. The number of ether oxygens (including phenoxy) is 1. The van der Waals surface area contributed by atoms with Gasteiger partial charge < -0.3 is 9.64 Å². The van der Waals surface area contributed by atoms with E-state index in [1.807, 2.05) is 44.2 Å². The second-order valence-electron chi connectivity index (χ2n) is 5.74. The van der Waals surface area contributed by atoms with Gasteiger partial charge in [-0.1, -0.05) is 18.2 Å². The largest absolute Gasteiger partial charge is 0.452 e. The molecule has 3 rings (SSSR count). The van der Waals surface area contributed by atoms with Gasteiger partial charge in [0.25, 0.3) is 5.91 Å². The summed E-state index contributed by atoms with van der Waals surface area (Å²) in [7, 11) is 0. The first-order valence-corrected chi connectivity index (χ1v) is 8.81. The molecule has 2 aromatic carbocycles. The smallest absolute Gasteiger partial charge is 0.338 e. The van der Waals surface area contributed by atoms with Crippen LogP contribution < -0.4 is 4.90 Å². The van der Waals surface area contributed by atoms with Gasteiger partial charge in [-0.25, -0.2) is 4.79 Å². The summed E-state index contributed by atoms with van der Waals surface area (Å²) < 4.78 is 5.22. The van der Waals surface area contributed by atoms with E-state index in [1.165, 1.54) is 0 Å². The highest BCUT2D eigenvalue weighted by atomic mass is 32.2. The van der Waals surface area contributed by atoms with Gasteiger partial charge in [-0.05, 0) is 49.2 Å². The summed E-state index contributed by atoms with van der Waals surface area (Å²) in [5.74, 6) is 0.180. The van der Waals surface area contributed by atoms with Crippen molar-refractivity contribution in [2.75, 3.05) is 23.8 Å². The van der Waals surface area contributed by atoms with E-state index in [-0.39, 0.29) is 12.5 Å². The number of aryl methyl sites for hydroxylation is 2. The van der Waals surface area contributed by atoms with Crippen molar-refractivity contribution in [1.29, 1.82) is 0 Å². The molecule has 1 amide bonds. The number of carbonyl (C=O) groups is 2. The Morgan fingerprint density at radius 3 is 2.71 bits per heavy atom. The van der Waals surface area contributed by atoms with Crippen LogP contribution in [-0.2, 0) is 9.53 Å². The van der Waals surface area contributed by atoms with Crippen molar-refractivity contribution >= 4 is 29.3 Å². The highest BCUT2D eigenvalue weighted by molar-refractivity contribution is 7.99. The maximum absolute atomic E-state index is 12.5. The van der Waals surface area contributed by atoms with Crippen LogP contribution in [0.1, 0.15) is 21.5 Å². The molecule has 0 N–H and O–H groups in total. The number of nitrogens with zero attached hydrogens (tertiary/aromatic N) is 1. The van der Waals surface area contributed by atoms with E-state index in [0.717, 1.165) is 27.5 Å². The molecule has 1 heterocycles. The van der Waals surface area contributed by atoms with E-state index >= 15 is 0 Å². The molecular formula is C19H19NO3S. The topological polar surface area (TPSA) is 46.6 Å². The van der Waals surface area contributed by atoms with Crippen molar-refractivity contribution in [1.82, 2.24) is 0 Å². The lowest BCUT2D eigenvalue weighted by atomic mass is 10.1. The standard InChI is InChI=1S/C19H19NO3S/c1-13-7-8-15(11-14(13)2)19(22)23-12-18(21)20-9-10-24-17-6-4-3-5-16(17)20/h3-8,11H,9-10,12H2,1-2H3. The molecule has 0 aliphatic carbocycles. The Bertz CT molecular complexity index is 788. The number of rotatable bonds is 3. The predicted molar refractivity (Wildman–Crippen MR) is 95.7 cm³/mol. The van der Waals surface area contributed by atoms with Crippen LogP contribution >= 0.6 is 11.8 Å². The van der Waals surface area contributed by atoms with Gasteiger partial charge in [-0.3, -0.25) is 4.79 Å². The third-order valence-corrected chi connectivity index (χ3v) is 5.14. The van der Waals surface area contributed by atoms with Crippen LogP contribution in [0.3, 0.4) is 0 Å². The van der Waals surface area contributed by atoms with E-state index in [2.05, 4.69) is 0 Å². The lowest BCUT2D eigenvalue weighted by molar-refractivity contribution is -0.121. The fourth-order valence-corrected chi connectivity index (χ4v) is 3.58. The number of benzene rings is 2. The Morgan fingerprint density at radius 2 is 1.92 bits per heavy atom. The monoisotopic (exact) mass is 341 g/mol. The molecule has 0 saturated heterocycles. The van der Waals surface area contributed by atoms with E-state index < -0.39 is 5.97 Å². The molecule has 0 radical (unpaired) electrons. The Kier molecular flexibility index (Phi) is 4.90. The van der Waals surface area contributed by atoms with Crippen LogP contribution in [0.15, 0.2) is 47.4 Å². The van der Waals surface area contributed by atoms with Crippen molar-refractivity contribution in [2.24, 2.45) is 0 Å². The molecule has 0 aromatic heterocycles. The Hall–Kier alpha value is -2.27. The van der Waals surface area contributed by atoms with Gasteiger partial charge in [-0.2, -0.15) is 0 Å². The summed E-state index contributed by atoms with van der Waals surface area (Å²) >= 11 is 1.73. The lowest BCUT2D eigenvalue weighted by Gasteiger charge is -2.28. The summed E-state index contributed by atoms with van der Waals surface area (Å²) in [6.07, 6.45) is 0. The summed E-state index contributed by atoms with van der Waals surface area (Å²) in [6, 6.07) is 13.2. The Morgan fingerprint density at radius 1 is 1.12 bits per heavy atom. The molecule has 1 aliphatic rings. The van der Waals surface area contributed by atoms with Gasteiger partial charge >= 0.3 is 5.97 Å². The van der Waals surface area contributed by atoms with Crippen molar-refractivity contribution in [3.63, 3.8) is 0 Å². The average Bonchev–Trinajstić information content (AvgIpc) is 2.61. The second kappa shape index (κ2) is 7.09. The van der Waals surface area contributed by atoms with E-state index in [0.29, 0.717) is 12.1 Å². The minimum atomic E-state index is -0.467. The van der Waals surface area contributed by atoms with E-state index in [9.17, 15) is 9.59 Å². The number of thioether (sulfide) groups is 1. The molecule has 1 aliphatic heterocycles. The zero-order chi connectivity index (χ0) is 17.1. The fraction of sp³-hybridized carbons (Fsp3) is 0.263. The molecule has 0 saturated carbocycles. The molecule has 0 bridgehead atoms. The van der Waals surface area contributed by atoms with E-state index in [4.69, 9.17) is 4.74 Å². The van der Waals surface area contributed by atoms with Crippen LogP contribution in [0, 0.1) is 13.8 Å². The minimum absolute atomic E-state index is 0.195. The van der Waals surface area contributed by atoms with Gasteiger partial charge in [0.2, 0.25) is 0 Å². The Balaban J connectivity index is 1.66. The number of amides is 1. The predicted octanol–water partition coefficient (Wildman–Crippen LogP) is 3.60. The molecular weight excluding hydrogens is 322 g/mol. The molecule has 2 aromatic rings. The number of hydrogen-bond donors (Lipinski definition) is 0. The number of carbonyl (C=O) groups excluding carboxylic acids is 2. The van der Waals surface area contributed by atoms with Gasteiger partial charge in [0.15, 0.2) is 6.61 Å². The maximum atomic E-state index is 12.5. The number of para-hydroxylation sites is 1. The van der Waals surface area contributed by atoms with Crippen LogP contribution in [0.4, 0.5) is 5.69 Å². The fourth-order valence-electron chi connectivity index (χ4n) is 2.59. The molecule has 5 heteroatoms. The van der Waals surface area contributed by atoms with Crippen molar-refractivity contribution in [3.05, 3.63) is 59.2 Å². The number of anilines is 1.